The van der Waals surface area contributed by atoms with Crippen LogP contribution in [-0.2, 0) is 11.2 Å². The highest BCUT2D eigenvalue weighted by Gasteiger charge is 2.12. The van der Waals surface area contributed by atoms with Crippen molar-refractivity contribution >= 4 is 5.97 Å². The fourth-order valence-electron chi connectivity index (χ4n) is 1.49. The fraction of sp³-hybridized carbons (Fsp3) is 0.364. The number of hydrogen-bond acceptors (Lipinski definition) is 3. The number of hydrogen-bond donors (Lipinski definition) is 2. The molecule has 0 aliphatic heterocycles. The van der Waals surface area contributed by atoms with Crippen molar-refractivity contribution in [3.05, 3.63) is 23.3 Å². The van der Waals surface area contributed by atoms with Crippen LogP contribution in [0.3, 0.4) is 0 Å². The number of aliphatic carboxylic acids is 1. The van der Waals surface area contributed by atoms with Crippen molar-refractivity contribution in [1.29, 1.82) is 0 Å². The molecule has 82 valence electrons. The predicted octanol–water partition coefficient (Wildman–Crippen LogP) is 1.73. The maximum atomic E-state index is 10.4. The van der Waals surface area contributed by atoms with E-state index in [0.717, 1.165) is 5.56 Å². The summed E-state index contributed by atoms with van der Waals surface area (Å²) in [7, 11) is 1.51. The van der Waals surface area contributed by atoms with Gasteiger partial charge < -0.3 is 14.9 Å². The van der Waals surface area contributed by atoms with Gasteiger partial charge in [0.25, 0.3) is 0 Å². The molecule has 1 aromatic carbocycles. The minimum absolute atomic E-state index is 0.0205. The molecule has 0 heterocycles. The van der Waals surface area contributed by atoms with E-state index in [2.05, 4.69) is 0 Å². The molecule has 1 aromatic rings. The SMILES string of the molecule is COc1c(C)ccc(O)c1CCC(=O)O. The maximum Gasteiger partial charge on any atom is 0.303 e. The van der Waals surface area contributed by atoms with E-state index >= 15 is 0 Å². The van der Waals surface area contributed by atoms with Crippen LogP contribution in [0.4, 0.5) is 0 Å². The van der Waals surface area contributed by atoms with Crippen LogP contribution >= 0.6 is 0 Å². The van der Waals surface area contributed by atoms with Crippen molar-refractivity contribution < 1.29 is 19.7 Å². The van der Waals surface area contributed by atoms with Gasteiger partial charge in [0, 0.05) is 12.0 Å². The first-order valence-electron chi connectivity index (χ1n) is 4.63. The average molecular weight is 210 g/mol. The minimum Gasteiger partial charge on any atom is -0.508 e. The third-order valence-electron chi connectivity index (χ3n) is 2.23. The quantitative estimate of drug-likeness (QED) is 0.794. The van der Waals surface area contributed by atoms with Crippen LogP contribution in [0.1, 0.15) is 17.5 Å². The molecule has 0 aliphatic rings. The first kappa shape index (κ1) is 11.4. The number of rotatable bonds is 4. The Hall–Kier alpha value is -1.71. The molecule has 0 radical (unpaired) electrons. The third kappa shape index (κ3) is 2.62. The van der Waals surface area contributed by atoms with Gasteiger partial charge in [-0.2, -0.15) is 0 Å². The molecule has 4 nitrogen and oxygen atoms in total. The van der Waals surface area contributed by atoms with Gasteiger partial charge in [0.15, 0.2) is 0 Å². The van der Waals surface area contributed by atoms with Crippen LogP contribution in [0, 0.1) is 6.92 Å². The number of aryl methyl sites for hydroxylation is 1. The molecule has 0 bridgehead atoms. The molecule has 2 N–H and O–H groups in total. The lowest BCUT2D eigenvalue weighted by Gasteiger charge is -2.12. The zero-order chi connectivity index (χ0) is 11.4. The minimum atomic E-state index is -0.891. The van der Waals surface area contributed by atoms with Crippen LogP contribution in [0.25, 0.3) is 0 Å². The first-order valence-corrected chi connectivity index (χ1v) is 4.63. The third-order valence-corrected chi connectivity index (χ3v) is 2.23. The summed E-state index contributed by atoms with van der Waals surface area (Å²) < 4.78 is 5.14. The van der Waals surface area contributed by atoms with Crippen LogP contribution in [0.5, 0.6) is 11.5 Å². The molecule has 0 amide bonds. The zero-order valence-electron chi connectivity index (χ0n) is 8.78. The largest absolute Gasteiger partial charge is 0.508 e. The molecule has 15 heavy (non-hydrogen) atoms. The molecule has 0 saturated heterocycles. The molecule has 1 rings (SSSR count). The summed E-state index contributed by atoms with van der Waals surface area (Å²) in [6, 6.07) is 3.29. The van der Waals surface area contributed by atoms with Crippen molar-refractivity contribution in [3.63, 3.8) is 0 Å². The van der Waals surface area contributed by atoms with Crippen molar-refractivity contribution in [2.24, 2.45) is 0 Å². The van der Waals surface area contributed by atoms with E-state index in [1.165, 1.54) is 7.11 Å². The van der Waals surface area contributed by atoms with Crippen LogP contribution < -0.4 is 4.74 Å². The van der Waals surface area contributed by atoms with Gasteiger partial charge in [0.2, 0.25) is 0 Å². The van der Waals surface area contributed by atoms with Gasteiger partial charge in [-0.05, 0) is 25.0 Å². The number of aromatic hydroxyl groups is 1. The Morgan fingerprint density at radius 3 is 2.67 bits per heavy atom. The molecule has 0 fully saturated rings. The zero-order valence-corrected chi connectivity index (χ0v) is 8.78. The second-order valence-electron chi connectivity index (χ2n) is 3.31. The number of carboxylic acid groups (broad SMARTS) is 1. The number of carboxylic acids is 1. The molecule has 0 spiro atoms. The number of benzene rings is 1. The van der Waals surface area contributed by atoms with Crippen molar-refractivity contribution in [2.45, 2.75) is 19.8 Å². The topological polar surface area (TPSA) is 66.8 Å². The van der Waals surface area contributed by atoms with E-state index in [4.69, 9.17) is 9.84 Å². The summed E-state index contributed by atoms with van der Waals surface area (Å²) in [5.74, 6) is -0.243. The summed E-state index contributed by atoms with van der Waals surface area (Å²) in [5.41, 5.74) is 1.44. The van der Waals surface area contributed by atoms with E-state index in [9.17, 15) is 9.90 Å². The Morgan fingerprint density at radius 1 is 1.47 bits per heavy atom. The molecular formula is C11H14O4. The number of phenolic OH excluding ortho intramolecular Hbond substituents is 1. The Balaban J connectivity index is 3.02. The predicted molar refractivity (Wildman–Crippen MR) is 55.4 cm³/mol. The van der Waals surface area contributed by atoms with E-state index in [1.807, 2.05) is 6.92 Å². The lowest BCUT2D eigenvalue weighted by atomic mass is 10.0. The second-order valence-corrected chi connectivity index (χ2v) is 3.31. The maximum absolute atomic E-state index is 10.4. The Kier molecular flexibility index (Phi) is 3.55. The van der Waals surface area contributed by atoms with E-state index in [-0.39, 0.29) is 18.6 Å². The van der Waals surface area contributed by atoms with Gasteiger partial charge in [-0.1, -0.05) is 6.07 Å². The Labute approximate surface area is 88.1 Å². The highest BCUT2D eigenvalue weighted by atomic mass is 16.5. The lowest BCUT2D eigenvalue weighted by Crippen LogP contribution is -2.01. The summed E-state index contributed by atoms with van der Waals surface area (Å²) in [6.07, 6.45) is 0.249. The molecular weight excluding hydrogens is 196 g/mol. The fourth-order valence-corrected chi connectivity index (χ4v) is 1.49. The number of carbonyl (C=O) groups is 1. The standard InChI is InChI=1S/C11H14O4/c1-7-3-5-9(12)8(11(7)15-2)4-6-10(13)14/h3,5,12H,4,6H2,1-2H3,(H,13,14). The van der Waals surface area contributed by atoms with Gasteiger partial charge >= 0.3 is 5.97 Å². The molecule has 0 unspecified atom stereocenters. The molecule has 4 heteroatoms. The molecule has 0 atom stereocenters. The van der Waals surface area contributed by atoms with Crippen LogP contribution in [0.2, 0.25) is 0 Å². The van der Waals surface area contributed by atoms with Crippen molar-refractivity contribution in [1.82, 2.24) is 0 Å². The summed E-state index contributed by atoms with van der Waals surface area (Å²) >= 11 is 0. The van der Waals surface area contributed by atoms with Crippen LogP contribution in [0.15, 0.2) is 12.1 Å². The second kappa shape index (κ2) is 4.68. The highest BCUT2D eigenvalue weighted by Crippen LogP contribution is 2.31. The normalized spacial score (nSPS) is 10.0. The number of ether oxygens (including phenoxy) is 1. The summed E-state index contributed by atoms with van der Waals surface area (Å²) in [6.45, 7) is 1.85. The van der Waals surface area contributed by atoms with E-state index in [0.29, 0.717) is 11.3 Å². The van der Waals surface area contributed by atoms with Gasteiger partial charge in [0.05, 0.1) is 7.11 Å². The van der Waals surface area contributed by atoms with Gasteiger partial charge in [-0.3, -0.25) is 4.79 Å². The number of methoxy groups -OCH3 is 1. The van der Waals surface area contributed by atoms with Gasteiger partial charge in [-0.15, -0.1) is 0 Å². The highest BCUT2D eigenvalue weighted by molar-refractivity contribution is 5.67. The molecule has 0 aromatic heterocycles. The number of phenols is 1. The van der Waals surface area contributed by atoms with E-state index in [1.54, 1.807) is 12.1 Å². The Morgan fingerprint density at radius 2 is 2.13 bits per heavy atom. The van der Waals surface area contributed by atoms with Crippen molar-refractivity contribution in [3.8, 4) is 11.5 Å². The van der Waals surface area contributed by atoms with Crippen LogP contribution in [-0.4, -0.2) is 23.3 Å². The first-order chi connectivity index (χ1) is 7.06. The van der Waals surface area contributed by atoms with Crippen molar-refractivity contribution in [2.75, 3.05) is 7.11 Å². The lowest BCUT2D eigenvalue weighted by molar-refractivity contribution is -0.136. The molecule has 0 aliphatic carbocycles. The molecule has 0 saturated carbocycles. The van der Waals surface area contributed by atoms with E-state index < -0.39 is 5.97 Å². The van der Waals surface area contributed by atoms with Gasteiger partial charge in [-0.25, -0.2) is 0 Å². The average Bonchev–Trinajstić information content (AvgIpc) is 2.19. The summed E-state index contributed by atoms with van der Waals surface area (Å²) in [5, 5.41) is 18.2. The monoisotopic (exact) mass is 210 g/mol. The smallest absolute Gasteiger partial charge is 0.303 e. The van der Waals surface area contributed by atoms with Gasteiger partial charge in [0.1, 0.15) is 11.5 Å². The summed E-state index contributed by atoms with van der Waals surface area (Å²) in [4.78, 5) is 10.4. The Bertz CT molecular complexity index is 371.